The first kappa shape index (κ1) is 22.9. The number of carbonyl (C=O) groups excluding carboxylic acids is 2. The van der Waals surface area contributed by atoms with Crippen LogP contribution in [-0.4, -0.2) is 51.8 Å². The summed E-state index contributed by atoms with van der Waals surface area (Å²) in [5.74, 6) is 1.09. The molecule has 0 atom stereocenters. The molecule has 7 nitrogen and oxygen atoms in total. The second kappa shape index (κ2) is 10.0. The van der Waals surface area contributed by atoms with Crippen LogP contribution in [0.5, 0.6) is 17.2 Å². The van der Waals surface area contributed by atoms with Gasteiger partial charge in [0.2, 0.25) is 0 Å². The van der Waals surface area contributed by atoms with Crippen LogP contribution in [0.4, 0.5) is 0 Å². The number of allylic oxidation sites excluding steroid dienone is 1. The van der Waals surface area contributed by atoms with E-state index in [2.05, 4.69) is 0 Å². The summed E-state index contributed by atoms with van der Waals surface area (Å²) in [7, 11) is 6.02. The van der Waals surface area contributed by atoms with E-state index in [1.165, 1.54) is 7.11 Å². The number of methoxy groups -OCH3 is 4. The molecule has 2 aromatic rings. The Kier molecular flexibility index (Phi) is 7.20. The molecule has 0 saturated heterocycles. The highest BCUT2D eigenvalue weighted by atomic mass is 16.5. The Labute approximate surface area is 187 Å². The molecule has 168 valence electrons. The lowest BCUT2D eigenvalue weighted by atomic mass is 10.0. The Morgan fingerprint density at radius 2 is 1.62 bits per heavy atom. The molecule has 0 N–H and O–H groups in total. The highest BCUT2D eigenvalue weighted by molar-refractivity contribution is 6.16. The average Bonchev–Trinajstić information content (AvgIpc) is 3.06. The van der Waals surface area contributed by atoms with Crippen molar-refractivity contribution in [1.82, 2.24) is 4.90 Å². The smallest absolute Gasteiger partial charge is 0.340 e. The minimum absolute atomic E-state index is 0.244. The molecule has 0 radical (unpaired) electrons. The molecule has 0 aromatic heterocycles. The van der Waals surface area contributed by atoms with Gasteiger partial charge in [-0.15, -0.1) is 0 Å². The molecular formula is C25H27NO6. The van der Waals surface area contributed by atoms with E-state index in [0.29, 0.717) is 35.7 Å². The molecular weight excluding hydrogens is 410 g/mol. The van der Waals surface area contributed by atoms with Crippen LogP contribution < -0.4 is 14.2 Å². The number of hydrogen-bond acceptors (Lipinski definition) is 6. The van der Waals surface area contributed by atoms with Crippen LogP contribution >= 0.6 is 0 Å². The average molecular weight is 437 g/mol. The minimum atomic E-state index is -0.547. The first-order valence-corrected chi connectivity index (χ1v) is 10.1. The van der Waals surface area contributed by atoms with Crippen LogP contribution in [0.1, 0.15) is 18.1 Å². The molecule has 0 bridgehead atoms. The summed E-state index contributed by atoms with van der Waals surface area (Å²) >= 11 is 0. The fourth-order valence-electron chi connectivity index (χ4n) is 3.64. The lowest BCUT2D eigenvalue weighted by molar-refractivity contribution is -0.136. The predicted molar refractivity (Wildman–Crippen MR) is 121 cm³/mol. The Hall–Kier alpha value is -3.74. The fraction of sp³-hybridized carbons (Fsp3) is 0.280. The van der Waals surface area contributed by atoms with E-state index in [0.717, 1.165) is 11.3 Å². The van der Waals surface area contributed by atoms with Gasteiger partial charge in [-0.1, -0.05) is 18.2 Å². The van der Waals surface area contributed by atoms with Crippen LogP contribution in [0.3, 0.4) is 0 Å². The number of carbonyl (C=O) groups is 2. The van der Waals surface area contributed by atoms with Gasteiger partial charge in [0.1, 0.15) is 5.75 Å². The van der Waals surface area contributed by atoms with Crippen molar-refractivity contribution < 1.29 is 28.5 Å². The summed E-state index contributed by atoms with van der Waals surface area (Å²) in [6.07, 6.45) is 2.30. The number of amides is 1. The van der Waals surface area contributed by atoms with E-state index in [9.17, 15) is 9.59 Å². The predicted octanol–water partition coefficient (Wildman–Crippen LogP) is 3.63. The van der Waals surface area contributed by atoms with Crippen LogP contribution in [0.25, 0.3) is 6.08 Å². The first-order valence-electron chi connectivity index (χ1n) is 10.1. The second-order valence-electron chi connectivity index (χ2n) is 7.18. The van der Waals surface area contributed by atoms with Crippen LogP contribution in [-0.2, 0) is 20.7 Å². The third kappa shape index (κ3) is 4.61. The Balaban J connectivity index is 1.91. The lowest BCUT2D eigenvalue weighted by Crippen LogP contribution is -2.27. The molecule has 0 fully saturated rings. The van der Waals surface area contributed by atoms with Crippen molar-refractivity contribution in [2.75, 3.05) is 35.0 Å². The zero-order valence-corrected chi connectivity index (χ0v) is 18.9. The van der Waals surface area contributed by atoms with Crippen LogP contribution in [0, 0.1) is 0 Å². The van der Waals surface area contributed by atoms with Crippen molar-refractivity contribution in [1.29, 1.82) is 0 Å². The van der Waals surface area contributed by atoms with Gasteiger partial charge in [-0.05, 0) is 54.8 Å². The van der Waals surface area contributed by atoms with Crippen molar-refractivity contribution in [2.24, 2.45) is 0 Å². The lowest BCUT2D eigenvalue weighted by Gasteiger charge is -2.18. The first-order chi connectivity index (χ1) is 15.4. The Bertz CT molecular complexity index is 1070. The number of nitrogens with zero attached hydrogens (tertiary/aromatic N) is 1. The van der Waals surface area contributed by atoms with Gasteiger partial charge < -0.3 is 23.8 Å². The highest BCUT2D eigenvalue weighted by Gasteiger charge is 2.36. The van der Waals surface area contributed by atoms with Crippen LogP contribution in [0.2, 0.25) is 0 Å². The van der Waals surface area contributed by atoms with E-state index in [1.54, 1.807) is 57.4 Å². The molecule has 1 amide bonds. The number of esters is 1. The largest absolute Gasteiger partial charge is 0.497 e. The van der Waals surface area contributed by atoms with Crippen molar-refractivity contribution >= 4 is 18.0 Å². The third-order valence-corrected chi connectivity index (χ3v) is 5.40. The molecule has 3 rings (SSSR count). The molecule has 7 heteroatoms. The van der Waals surface area contributed by atoms with E-state index in [1.807, 2.05) is 24.3 Å². The maximum absolute atomic E-state index is 13.3. The highest BCUT2D eigenvalue weighted by Crippen LogP contribution is 2.34. The number of ether oxygens (including phenoxy) is 4. The van der Waals surface area contributed by atoms with E-state index >= 15 is 0 Å². The van der Waals surface area contributed by atoms with Gasteiger partial charge in [-0.2, -0.15) is 0 Å². The molecule has 1 heterocycles. The van der Waals surface area contributed by atoms with E-state index in [4.69, 9.17) is 18.9 Å². The molecule has 1 aliphatic heterocycles. The summed E-state index contributed by atoms with van der Waals surface area (Å²) in [5, 5.41) is 0. The SMILES string of the molecule is COC(=O)C1=C(C)N(CCc2ccc(OC)cc2)C(=O)/C1=C\c1ccc(OC)c(OC)c1. The Morgan fingerprint density at radius 1 is 0.938 bits per heavy atom. The standard InChI is InChI=1S/C25H27NO6/c1-16-23(25(28)32-5)20(14-18-8-11-21(30-3)22(15-18)31-4)24(27)26(16)13-12-17-6-9-19(29-2)10-7-17/h6-11,14-15H,12-13H2,1-5H3/b20-14-. The Morgan fingerprint density at radius 3 is 2.22 bits per heavy atom. The normalized spacial score (nSPS) is 14.7. The summed E-state index contributed by atoms with van der Waals surface area (Å²) in [6, 6.07) is 13.0. The number of hydrogen-bond donors (Lipinski definition) is 0. The van der Waals surface area contributed by atoms with Gasteiger partial charge in [-0.25, -0.2) is 4.79 Å². The molecule has 0 spiro atoms. The maximum atomic E-state index is 13.3. The van der Waals surface area contributed by atoms with Gasteiger partial charge in [0, 0.05) is 12.2 Å². The van der Waals surface area contributed by atoms with Gasteiger partial charge >= 0.3 is 5.97 Å². The second-order valence-corrected chi connectivity index (χ2v) is 7.18. The zero-order chi connectivity index (χ0) is 23.3. The summed E-state index contributed by atoms with van der Waals surface area (Å²) in [6.45, 7) is 2.19. The van der Waals surface area contributed by atoms with Crippen molar-refractivity contribution in [3.63, 3.8) is 0 Å². The monoisotopic (exact) mass is 437 g/mol. The van der Waals surface area contributed by atoms with Crippen LogP contribution in [0.15, 0.2) is 59.3 Å². The van der Waals surface area contributed by atoms with Gasteiger partial charge in [0.15, 0.2) is 11.5 Å². The fourth-order valence-corrected chi connectivity index (χ4v) is 3.64. The molecule has 0 unspecified atom stereocenters. The van der Waals surface area contributed by atoms with Crippen molar-refractivity contribution in [2.45, 2.75) is 13.3 Å². The topological polar surface area (TPSA) is 74.3 Å². The number of benzene rings is 2. The zero-order valence-electron chi connectivity index (χ0n) is 18.9. The third-order valence-electron chi connectivity index (χ3n) is 5.40. The summed E-state index contributed by atoms with van der Waals surface area (Å²) < 4.78 is 20.8. The molecule has 32 heavy (non-hydrogen) atoms. The number of rotatable bonds is 8. The van der Waals surface area contributed by atoms with E-state index < -0.39 is 5.97 Å². The molecule has 0 aliphatic carbocycles. The molecule has 2 aromatic carbocycles. The van der Waals surface area contributed by atoms with Gasteiger partial charge in [-0.3, -0.25) is 4.79 Å². The van der Waals surface area contributed by atoms with Crippen molar-refractivity contribution in [3.8, 4) is 17.2 Å². The summed E-state index contributed by atoms with van der Waals surface area (Å²) in [4.78, 5) is 27.4. The molecule has 1 aliphatic rings. The quantitative estimate of drug-likeness (QED) is 0.464. The molecule has 0 saturated carbocycles. The maximum Gasteiger partial charge on any atom is 0.340 e. The van der Waals surface area contributed by atoms with E-state index in [-0.39, 0.29) is 17.1 Å². The van der Waals surface area contributed by atoms with Gasteiger partial charge in [0.25, 0.3) is 5.91 Å². The van der Waals surface area contributed by atoms with Crippen molar-refractivity contribution in [3.05, 3.63) is 70.4 Å². The van der Waals surface area contributed by atoms with Gasteiger partial charge in [0.05, 0.1) is 39.6 Å². The summed E-state index contributed by atoms with van der Waals surface area (Å²) in [5.41, 5.74) is 2.89. The minimum Gasteiger partial charge on any atom is -0.497 e.